The van der Waals surface area contributed by atoms with Gasteiger partial charge in [0.05, 0.1) is 13.2 Å². The normalized spacial score (nSPS) is 24.0. The molecule has 0 aromatic rings. The second-order valence-corrected chi connectivity index (χ2v) is 3.97. The molecule has 14 heavy (non-hydrogen) atoms. The fraction of sp³-hybridized carbons (Fsp3) is 1.00. The van der Waals surface area contributed by atoms with E-state index in [-0.39, 0.29) is 0 Å². The maximum Gasteiger partial charge on any atom is 0.0634 e. The first-order valence-corrected chi connectivity index (χ1v) is 5.91. The van der Waals surface area contributed by atoms with Crippen LogP contribution in [0.15, 0.2) is 0 Å². The predicted molar refractivity (Wildman–Crippen MR) is 59.6 cm³/mol. The lowest BCUT2D eigenvalue weighted by Gasteiger charge is -2.35. The topological polar surface area (TPSA) is 24.5 Å². The summed E-state index contributed by atoms with van der Waals surface area (Å²) in [4.78, 5) is 2.55. The minimum atomic E-state index is 0.593. The number of rotatable bonds is 6. The molecule has 3 nitrogen and oxygen atoms in total. The van der Waals surface area contributed by atoms with Gasteiger partial charge in [-0.05, 0) is 25.9 Å². The Morgan fingerprint density at radius 1 is 1.36 bits per heavy atom. The lowest BCUT2D eigenvalue weighted by Crippen LogP contribution is -2.50. The third-order valence-corrected chi connectivity index (χ3v) is 2.67. The average Bonchev–Trinajstić information content (AvgIpc) is 2.21. The molecule has 1 heterocycles. The first-order valence-electron chi connectivity index (χ1n) is 5.91. The van der Waals surface area contributed by atoms with Crippen molar-refractivity contribution < 1.29 is 4.74 Å². The van der Waals surface area contributed by atoms with E-state index in [4.69, 9.17) is 4.74 Å². The molecule has 84 valence electrons. The fourth-order valence-corrected chi connectivity index (χ4v) is 1.90. The Kier molecular flexibility index (Phi) is 6.15. The molecular weight excluding hydrogens is 176 g/mol. The Morgan fingerprint density at radius 3 is 2.93 bits per heavy atom. The SMILES string of the molecule is CCCNCC1COCCN1CCC. The van der Waals surface area contributed by atoms with Gasteiger partial charge in [-0.3, -0.25) is 4.90 Å². The van der Waals surface area contributed by atoms with E-state index in [1.54, 1.807) is 0 Å². The molecule has 1 N–H and O–H groups in total. The van der Waals surface area contributed by atoms with E-state index in [9.17, 15) is 0 Å². The molecule has 1 atom stereocenters. The van der Waals surface area contributed by atoms with Gasteiger partial charge in [0, 0.05) is 19.1 Å². The lowest BCUT2D eigenvalue weighted by molar-refractivity contribution is -0.00654. The predicted octanol–water partition coefficient (Wildman–Crippen LogP) is 1.10. The number of ether oxygens (including phenoxy) is 1. The number of hydrogen-bond acceptors (Lipinski definition) is 3. The zero-order chi connectivity index (χ0) is 10.2. The van der Waals surface area contributed by atoms with Gasteiger partial charge in [0.1, 0.15) is 0 Å². The van der Waals surface area contributed by atoms with Crippen LogP contribution in [0.3, 0.4) is 0 Å². The van der Waals surface area contributed by atoms with Gasteiger partial charge >= 0.3 is 0 Å². The van der Waals surface area contributed by atoms with Crippen LogP contribution >= 0.6 is 0 Å². The molecule has 0 aromatic carbocycles. The highest BCUT2D eigenvalue weighted by molar-refractivity contribution is 4.76. The summed E-state index contributed by atoms with van der Waals surface area (Å²) in [7, 11) is 0. The summed E-state index contributed by atoms with van der Waals surface area (Å²) in [5.41, 5.74) is 0. The molecule has 0 aliphatic carbocycles. The van der Waals surface area contributed by atoms with Crippen LogP contribution in [0.1, 0.15) is 26.7 Å². The number of nitrogens with zero attached hydrogens (tertiary/aromatic N) is 1. The summed E-state index contributed by atoms with van der Waals surface area (Å²) in [6.45, 7) is 10.8. The Morgan fingerprint density at radius 2 is 2.21 bits per heavy atom. The molecule has 1 fully saturated rings. The summed E-state index contributed by atoms with van der Waals surface area (Å²) in [6, 6.07) is 0.593. The fourth-order valence-electron chi connectivity index (χ4n) is 1.90. The van der Waals surface area contributed by atoms with Gasteiger partial charge < -0.3 is 10.1 Å². The van der Waals surface area contributed by atoms with E-state index in [0.717, 1.165) is 32.8 Å². The van der Waals surface area contributed by atoms with Crippen molar-refractivity contribution in [3.63, 3.8) is 0 Å². The molecule has 1 rings (SSSR count). The van der Waals surface area contributed by atoms with Crippen LogP contribution in [-0.4, -0.2) is 50.3 Å². The molecule has 0 aromatic heterocycles. The van der Waals surface area contributed by atoms with Gasteiger partial charge in [-0.1, -0.05) is 13.8 Å². The van der Waals surface area contributed by atoms with Crippen molar-refractivity contribution in [1.82, 2.24) is 10.2 Å². The van der Waals surface area contributed by atoms with Gasteiger partial charge in [-0.2, -0.15) is 0 Å². The Balaban J connectivity index is 2.22. The zero-order valence-electron chi connectivity index (χ0n) is 9.59. The summed E-state index contributed by atoms with van der Waals surface area (Å²) in [5, 5.41) is 3.47. The summed E-state index contributed by atoms with van der Waals surface area (Å²) >= 11 is 0. The molecule has 0 saturated carbocycles. The van der Waals surface area contributed by atoms with Crippen molar-refractivity contribution in [3.8, 4) is 0 Å². The van der Waals surface area contributed by atoms with E-state index in [1.807, 2.05) is 0 Å². The summed E-state index contributed by atoms with van der Waals surface area (Å²) in [6.07, 6.45) is 2.45. The average molecular weight is 200 g/mol. The van der Waals surface area contributed by atoms with Gasteiger partial charge in [-0.15, -0.1) is 0 Å². The van der Waals surface area contributed by atoms with Crippen molar-refractivity contribution in [2.24, 2.45) is 0 Å². The molecule has 1 unspecified atom stereocenters. The summed E-state index contributed by atoms with van der Waals surface area (Å²) < 4.78 is 5.51. The first kappa shape index (κ1) is 12.0. The maximum absolute atomic E-state index is 5.51. The first-order chi connectivity index (χ1) is 6.88. The standard InChI is InChI=1S/C11H24N2O/c1-3-5-12-9-11-10-14-8-7-13(11)6-4-2/h11-12H,3-10H2,1-2H3. The van der Waals surface area contributed by atoms with Crippen LogP contribution < -0.4 is 5.32 Å². The smallest absolute Gasteiger partial charge is 0.0634 e. The van der Waals surface area contributed by atoms with Gasteiger partial charge in [0.15, 0.2) is 0 Å². The minimum absolute atomic E-state index is 0.593. The quantitative estimate of drug-likeness (QED) is 0.650. The van der Waals surface area contributed by atoms with Gasteiger partial charge in [0.25, 0.3) is 0 Å². The van der Waals surface area contributed by atoms with E-state index in [0.29, 0.717) is 6.04 Å². The third-order valence-electron chi connectivity index (χ3n) is 2.67. The molecule has 0 amide bonds. The molecule has 3 heteroatoms. The van der Waals surface area contributed by atoms with Crippen LogP contribution in [0.5, 0.6) is 0 Å². The largest absolute Gasteiger partial charge is 0.378 e. The second kappa shape index (κ2) is 7.21. The molecule has 1 aliphatic heterocycles. The van der Waals surface area contributed by atoms with Crippen LogP contribution in [0.2, 0.25) is 0 Å². The van der Waals surface area contributed by atoms with Crippen molar-refractivity contribution in [2.45, 2.75) is 32.7 Å². The highest BCUT2D eigenvalue weighted by Crippen LogP contribution is 2.06. The Hall–Kier alpha value is -0.120. The minimum Gasteiger partial charge on any atom is -0.378 e. The van der Waals surface area contributed by atoms with E-state index in [1.165, 1.54) is 19.4 Å². The third kappa shape index (κ3) is 3.95. The number of hydrogen-bond donors (Lipinski definition) is 1. The van der Waals surface area contributed by atoms with Gasteiger partial charge in [0.2, 0.25) is 0 Å². The molecule has 0 radical (unpaired) electrons. The van der Waals surface area contributed by atoms with E-state index in [2.05, 4.69) is 24.1 Å². The molecule has 1 aliphatic rings. The zero-order valence-corrected chi connectivity index (χ0v) is 9.59. The van der Waals surface area contributed by atoms with Crippen molar-refractivity contribution in [2.75, 3.05) is 39.4 Å². The highest BCUT2D eigenvalue weighted by Gasteiger charge is 2.21. The molecule has 0 bridgehead atoms. The molecule has 1 saturated heterocycles. The van der Waals surface area contributed by atoms with E-state index < -0.39 is 0 Å². The Bertz CT molecular complexity index is 139. The van der Waals surface area contributed by atoms with Crippen LogP contribution in [0, 0.1) is 0 Å². The highest BCUT2D eigenvalue weighted by atomic mass is 16.5. The number of nitrogens with one attached hydrogen (secondary N) is 1. The van der Waals surface area contributed by atoms with E-state index >= 15 is 0 Å². The monoisotopic (exact) mass is 200 g/mol. The van der Waals surface area contributed by atoms with Crippen LogP contribution in [-0.2, 0) is 4.74 Å². The molecular formula is C11H24N2O. The van der Waals surface area contributed by atoms with Crippen LogP contribution in [0.4, 0.5) is 0 Å². The van der Waals surface area contributed by atoms with Crippen molar-refractivity contribution in [3.05, 3.63) is 0 Å². The lowest BCUT2D eigenvalue weighted by atomic mass is 10.2. The second-order valence-electron chi connectivity index (χ2n) is 3.97. The van der Waals surface area contributed by atoms with Crippen molar-refractivity contribution >= 4 is 0 Å². The summed E-state index contributed by atoms with van der Waals surface area (Å²) in [5.74, 6) is 0. The Labute approximate surface area is 87.8 Å². The maximum atomic E-state index is 5.51. The van der Waals surface area contributed by atoms with Crippen molar-refractivity contribution in [1.29, 1.82) is 0 Å². The number of morpholine rings is 1. The van der Waals surface area contributed by atoms with Crippen LogP contribution in [0.25, 0.3) is 0 Å². The van der Waals surface area contributed by atoms with Gasteiger partial charge in [-0.25, -0.2) is 0 Å². The molecule has 0 spiro atoms.